The molecule has 4 nitrogen and oxygen atoms in total. The SMILES string of the molecule is CCc1ccc2c(c1)C=CC1(CCN(CCC(=O)O)CC1)O2. The van der Waals surface area contributed by atoms with Gasteiger partial charge in [-0.1, -0.05) is 19.1 Å². The van der Waals surface area contributed by atoms with Crippen molar-refractivity contribution in [2.75, 3.05) is 19.6 Å². The number of carboxylic acids is 1. The minimum atomic E-state index is -0.727. The van der Waals surface area contributed by atoms with Gasteiger partial charge in [-0.05, 0) is 30.2 Å². The van der Waals surface area contributed by atoms with Gasteiger partial charge < -0.3 is 14.7 Å². The van der Waals surface area contributed by atoms with Gasteiger partial charge in [-0.3, -0.25) is 4.79 Å². The van der Waals surface area contributed by atoms with Gasteiger partial charge in [-0.2, -0.15) is 0 Å². The minimum absolute atomic E-state index is 0.208. The van der Waals surface area contributed by atoms with Crippen molar-refractivity contribution >= 4 is 12.0 Å². The van der Waals surface area contributed by atoms with Gasteiger partial charge in [0.15, 0.2) is 0 Å². The number of aryl methyl sites for hydroxylation is 1. The number of benzene rings is 1. The van der Waals surface area contributed by atoms with E-state index in [9.17, 15) is 4.79 Å². The molecule has 1 aromatic carbocycles. The van der Waals surface area contributed by atoms with Crippen molar-refractivity contribution in [3.8, 4) is 5.75 Å². The monoisotopic (exact) mass is 301 g/mol. The summed E-state index contributed by atoms with van der Waals surface area (Å²) >= 11 is 0. The van der Waals surface area contributed by atoms with Crippen molar-refractivity contribution in [3.05, 3.63) is 35.4 Å². The number of carboxylic acid groups (broad SMARTS) is 1. The molecule has 1 spiro atoms. The second kappa shape index (κ2) is 6.13. The van der Waals surface area contributed by atoms with Crippen molar-refractivity contribution in [2.45, 2.75) is 38.2 Å². The Morgan fingerprint density at radius 3 is 2.82 bits per heavy atom. The summed E-state index contributed by atoms with van der Waals surface area (Å²) in [4.78, 5) is 12.9. The largest absolute Gasteiger partial charge is 0.482 e. The van der Waals surface area contributed by atoms with Gasteiger partial charge in [0, 0.05) is 38.0 Å². The van der Waals surface area contributed by atoms with Gasteiger partial charge in [-0.25, -0.2) is 0 Å². The number of rotatable bonds is 4. The molecule has 0 unspecified atom stereocenters. The fourth-order valence-corrected chi connectivity index (χ4v) is 3.21. The zero-order valence-electron chi connectivity index (χ0n) is 13.0. The summed E-state index contributed by atoms with van der Waals surface area (Å²) < 4.78 is 6.30. The van der Waals surface area contributed by atoms with Crippen LogP contribution in [0.2, 0.25) is 0 Å². The number of fused-ring (bicyclic) bond motifs is 1. The number of carbonyl (C=O) groups is 1. The van der Waals surface area contributed by atoms with Crippen LogP contribution in [-0.2, 0) is 11.2 Å². The molecule has 0 amide bonds. The number of piperidine rings is 1. The lowest BCUT2D eigenvalue weighted by Gasteiger charge is -2.41. The first-order chi connectivity index (χ1) is 10.6. The first kappa shape index (κ1) is 15.1. The Bertz CT molecular complexity index is 586. The van der Waals surface area contributed by atoms with Crippen LogP contribution in [0.5, 0.6) is 5.75 Å². The van der Waals surface area contributed by atoms with E-state index in [1.165, 1.54) is 11.1 Å². The van der Waals surface area contributed by atoms with Crippen LogP contribution in [0.15, 0.2) is 24.3 Å². The van der Waals surface area contributed by atoms with Crippen LogP contribution in [0.25, 0.3) is 6.08 Å². The van der Waals surface area contributed by atoms with E-state index in [-0.39, 0.29) is 12.0 Å². The van der Waals surface area contributed by atoms with Gasteiger partial charge in [-0.15, -0.1) is 0 Å². The van der Waals surface area contributed by atoms with Crippen LogP contribution in [0.4, 0.5) is 0 Å². The molecule has 0 aliphatic carbocycles. The average Bonchev–Trinajstić information content (AvgIpc) is 2.54. The first-order valence-electron chi connectivity index (χ1n) is 8.05. The highest BCUT2D eigenvalue weighted by Crippen LogP contribution is 2.37. The Morgan fingerprint density at radius 2 is 2.14 bits per heavy atom. The first-order valence-corrected chi connectivity index (χ1v) is 8.05. The summed E-state index contributed by atoms with van der Waals surface area (Å²) in [5.41, 5.74) is 2.28. The third-order valence-corrected chi connectivity index (χ3v) is 4.71. The van der Waals surface area contributed by atoms with E-state index in [0.717, 1.165) is 38.1 Å². The number of likely N-dealkylation sites (tertiary alicyclic amines) is 1. The number of hydrogen-bond acceptors (Lipinski definition) is 3. The van der Waals surface area contributed by atoms with Crippen LogP contribution in [-0.4, -0.2) is 41.2 Å². The standard InChI is InChI=1S/C18H23NO3/c1-2-14-3-4-16-15(13-14)5-7-18(22-16)8-11-19(12-9-18)10-6-17(20)21/h3-5,7,13H,2,6,8-12H2,1H3,(H,20,21). The van der Waals surface area contributed by atoms with Gasteiger partial charge in [0.2, 0.25) is 0 Å². The molecule has 0 bridgehead atoms. The molecule has 0 atom stereocenters. The Hall–Kier alpha value is -1.81. The fourth-order valence-electron chi connectivity index (χ4n) is 3.21. The van der Waals surface area contributed by atoms with Gasteiger partial charge in [0.25, 0.3) is 0 Å². The molecule has 0 radical (unpaired) electrons. The zero-order chi connectivity index (χ0) is 15.6. The van der Waals surface area contributed by atoms with Gasteiger partial charge in [0.05, 0.1) is 6.42 Å². The van der Waals surface area contributed by atoms with E-state index in [4.69, 9.17) is 9.84 Å². The molecule has 1 saturated heterocycles. The Kier molecular flexibility index (Phi) is 4.21. The van der Waals surface area contributed by atoms with Crippen molar-refractivity contribution in [1.29, 1.82) is 0 Å². The number of ether oxygens (including phenoxy) is 1. The van der Waals surface area contributed by atoms with Crippen LogP contribution in [0, 0.1) is 0 Å². The highest BCUT2D eigenvalue weighted by molar-refractivity contribution is 5.66. The molecule has 4 heteroatoms. The summed E-state index contributed by atoms with van der Waals surface area (Å²) in [6, 6.07) is 6.41. The zero-order valence-corrected chi connectivity index (χ0v) is 13.0. The lowest BCUT2D eigenvalue weighted by Crippen LogP contribution is -2.48. The number of hydrogen-bond donors (Lipinski definition) is 1. The molecule has 3 rings (SSSR count). The predicted octanol–water partition coefficient (Wildman–Crippen LogP) is 2.96. The van der Waals surface area contributed by atoms with Gasteiger partial charge >= 0.3 is 5.97 Å². The van der Waals surface area contributed by atoms with Crippen molar-refractivity contribution in [2.24, 2.45) is 0 Å². The summed E-state index contributed by atoms with van der Waals surface area (Å²) in [5, 5.41) is 8.78. The molecule has 1 fully saturated rings. The minimum Gasteiger partial charge on any atom is -0.482 e. The molecule has 0 aromatic heterocycles. The molecule has 2 heterocycles. The fraction of sp³-hybridized carbons (Fsp3) is 0.500. The smallest absolute Gasteiger partial charge is 0.304 e. The number of aliphatic carboxylic acids is 1. The highest BCUT2D eigenvalue weighted by atomic mass is 16.5. The Labute approximate surface area is 131 Å². The molecule has 2 aliphatic heterocycles. The Balaban J connectivity index is 1.64. The quantitative estimate of drug-likeness (QED) is 0.929. The van der Waals surface area contributed by atoms with Crippen LogP contribution >= 0.6 is 0 Å². The van der Waals surface area contributed by atoms with Crippen LogP contribution in [0.3, 0.4) is 0 Å². The van der Waals surface area contributed by atoms with Crippen molar-refractivity contribution in [1.82, 2.24) is 4.90 Å². The number of nitrogens with zero attached hydrogens (tertiary/aromatic N) is 1. The van der Waals surface area contributed by atoms with E-state index in [2.05, 4.69) is 42.2 Å². The predicted molar refractivity (Wildman–Crippen MR) is 86.1 cm³/mol. The normalized spacial score (nSPS) is 19.7. The summed E-state index contributed by atoms with van der Waals surface area (Å²) in [5.74, 6) is 0.244. The third-order valence-electron chi connectivity index (χ3n) is 4.71. The summed E-state index contributed by atoms with van der Waals surface area (Å²) in [7, 11) is 0. The topological polar surface area (TPSA) is 49.8 Å². The molecule has 1 aromatic rings. The summed E-state index contributed by atoms with van der Waals surface area (Å²) in [6.45, 7) is 4.56. The van der Waals surface area contributed by atoms with Crippen molar-refractivity contribution in [3.63, 3.8) is 0 Å². The molecule has 0 saturated carbocycles. The average molecular weight is 301 g/mol. The summed E-state index contributed by atoms with van der Waals surface area (Å²) in [6.07, 6.45) is 7.46. The molecule has 22 heavy (non-hydrogen) atoms. The lowest BCUT2D eigenvalue weighted by molar-refractivity contribution is -0.137. The third kappa shape index (κ3) is 3.17. The molecule has 118 valence electrons. The Morgan fingerprint density at radius 1 is 1.36 bits per heavy atom. The van der Waals surface area contributed by atoms with Crippen LogP contribution < -0.4 is 4.74 Å². The van der Waals surface area contributed by atoms with E-state index in [1.807, 2.05) is 0 Å². The molecular weight excluding hydrogens is 278 g/mol. The van der Waals surface area contributed by atoms with E-state index in [0.29, 0.717) is 6.54 Å². The van der Waals surface area contributed by atoms with E-state index < -0.39 is 5.97 Å². The second-order valence-electron chi connectivity index (χ2n) is 6.21. The van der Waals surface area contributed by atoms with Crippen LogP contribution in [0.1, 0.15) is 37.3 Å². The van der Waals surface area contributed by atoms with Gasteiger partial charge in [0.1, 0.15) is 11.4 Å². The maximum absolute atomic E-state index is 10.7. The maximum atomic E-state index is 10.7. The molecule has 2 aliphatic rings. The van der Waals surface area contributed by atoms with E-state index >= 15 is 0 Å². The van der Waals surface area contributed by atoms with E-state index in [1.54, 1.807) is 0 Å². The molecule has 1 N–H and O–H groups in total. The second-order valence-corrected chi connectivity index (χ2v) is 6.21. The maximum Gasteiger partial charge on any atom is 0.304 e. The highest BCUT2D eigenvalue weighted by Gasteiger charge is 2.36. The van der Waals surface area contributed by atoms with Crippen molar-refractivity contribution < 1.29 is 14.6 Å². The lowest BCUT2D eigenvalue weighted by atomic mass is 9.87. The molecular formula is C18H23NO3.